The molecule has 1 amide bonds. The Labute approximate surface area is 154 Å². The Hall–Kier alpha value is -2.46. The minimum Gasteiger partial charge on any atom is -0.390 e. The second kappa shape index (κ2) is 7.04. The van der Waals surface area contributed by atoms with E-state index in [0.29, 0.717) is 6.42 Å². The van der Waals surface area contributed by atoms with E-state index in [-0.39, 0.29) is 24.0 Å². The van der Waals surface area contributed by atoms with Gasteiger partial charge in [0.15, 0.2) is 0 Å². The number of nitrogens with one attached hydrogen (secondary N) is 1. The van der Waals surface area contributed by atoms with Crippen molar-refractivity contribution in [3.05, 3.63) is 65.2 Å². The van der Waals surface area contributed by atoms with Crippen molar-refractivity contribution in [1.29, 1.82) is 0 Å². The summed E-state index contributed by atoms with van der Waals surface area (Å²) in [5.74, 6) is -1.64. The van der Waals surface area contributed by atoms with Crippen LogP contribution in [0.25, 0.3) is 0 Å². The molecule has 2 aromatic carbocycles. The third kappa shape index (κ3) is 3.86. The number of carbonyl (C=O) groups excluding carboxylic acids is 2. The predicted octanol–water partition coefficient (Wildman–Crippen LogP) is 3.76. The van der Waals surface area contributed by atoms with Crippen molar-refractivity contribution >= 4 is 17.4 Å². The van der Waals surface area contributed by atoms with Crippen molar-refractivity contribution < 1.29 is 14.7 Å². The summed E-state index contributed by atoms with van der Waals surface area (Å²) in [7, 11) is 0. The molecule has 2 N–H and O–H groups in total. The van der Waals surface area contributed by atoms with Gasteiger partial charge in [0.25, 0.3) is 0 Å². The average Bonchev–Trinajstić information content (AvgIpc) is 2.56. The Morgan fingerprint density at radius 2 is 1.85 bits per heavy atom. The molecule has 3 atom stereocenters. The zero-order valence-corrected chi connectivity index (χ0v) is 15.5. The fraction of sp³-hybridized carbons (Fsp3) is 0.364. The Morgan fingerprint density at radius 3 is 2.50 bits per heavy atom. The second-order valence-corrected chi connectivity index (χ2v) is 7.65. The molecule has 4 nitrogen and oxygen atoms in total. The minimum atomic E-state index is -1.09. The molecule has 3 rings (SSSR count). The summed E-state index contributed by atoms with van der Waals surface area (Å²) in [6.45, 7) is 5.60. The number of hydrogen-bond acceptors (Lipinski definition) is 3. The van der Waals surface area contributed by atoms with Crippen molar-refractivity contribution in [1.82, 2.24) is 0 Å². The minimum absolute atomic E-state index is 0.00129. The maximum atomic E-state index is 13.0. The summed E-state index contributed by atoms with van der Waals surface area (Å²) >= 11 is 0. The lowest BCUT2D eigenvalue weighted by molar-refractivity contribution is -0.140. The van der Waals surface area contributed by atoms with E-state index in [4.69, 9.17) is 0 Å². The number of ketones is 1. The molecule has 0 unspecified atom stereocenters. The van der Waals surface area contributed by atoms with E-state index >= 15 is 0 Å². The van der Waals surface area contributed by atoms with Crippen LogP contribution >= 0.6 is 0 Å². The van der Waals surface area contributed by atoms with Crippen molar-refractivity contribution in [2.75, 3.05) is 5.32 Å². The summed E-state index contributed by atoms with van der Waals surface area (Å²) in [5, 5.41) is 13.4. The van der Waals surface area contributed by atoms with Crippen molar-refractivity contribution in [2.24, 2.45) is 5.92 Å². The second-order valence-electron chi connectivity index (χ2n) is 7.65. The quantitative estimate of drug-likeness (QED) is 0.828. The Kier molecular flexibility index (Phi) is 4.97. The summed E-state index contributed by atoms with van der Waals surface area (Å²) in [5.41, 5.74) is 2.62. The lowest BCUT2D eigenvalue weighted by atomic mass is 9.68. The number of rotatable bonds is 3. The first-order valence-corrected chi connectivity index (χ1v) is 8.95. The molecule has 1 fully saturated rings. The lowest BCUT2D eigenvalue weighted by Gasteiger charge is -2.38. The first kappa shape index (κ1) is 18.3. The van der Waals surface area contributed by atoms with Gasteiger partial charge in [-0.05, 0) is 44.4 Å². The molecule has 1 aliphatic rings. The van der Waals surface area contributed by atoms with E-state index in [1.807, 2.05) is 62.4 Å². The van der Waals surface area contributed by atoms with Gasteiger partial charge in [-0.25, -0.2) is 0 Å². The van der Waals surface area contributed by atoms with Crippen LogP contribution in [0, 0.1) is 19.8 Å². The SMILES string of the molecule is Cc1ccc(NC(=O)[C@@H]2C(=O)C[C@@](C)(O)C[C@H]2c2ccccc2)c(C)c1. The molecule has 0 spiro atoms. The highest BCUT2D eigenvalue weighted by atomic mass is 16.3. The van der Waals surface area contributed by atoms with Gasteiger partial charge in [0.1, 0.15) is 11.7 Å². The maximum Gasteiger partial charge on any atom is 0.235 e. The molecule has 1 aliphatic carbocycles. The highest BCUT2D eigenvalue weighted by Crippen LogP contribution is 2.41. The fourth-order valence-corrected chi connectivity index (χ4v) is 3.88. The Bertz CT molecular complexity index is 827. The van der Waals surface area contributed by atoms with Crippen LogP contribution in [0.1, 0.15) is 42.4 Å². The Balaban J connectivity index is 1.91. The predicted molar refractivity (Wildman–Crippen MR) is 102 cm³/mol. The molecule has 0 heterocycles. The highest BCUT2D eigenvalue weighted by molar-refractivity contribution is 6.09. The molecular formula is C22H25NO3. The molecule has 4 heteroatoms. The van der Waals surface area contributed by atoms with Crippen LogP contribution in [-0.4, -0.2) is 22.4 Å². The van der Waals surface area contributed by atoms with Gasteiger partial charge in [-0.15, -0.1) is 0 Å². The number of Topliss-reactive ketones (excluding diaryl/α,β-unsaturated/α-hetero) is 1. The smallest absolute Gasteiger partial charge is 0.235 e. The Morgan fingerprint density at radius 1 is 1.15 bits per heavy atom. The maximum absolute atomic E-state index is 13.0. The van der Waals surface area contributed by atoms with Crippen molar-refractivity contribution in [2.45, 2.75) is 45.1 Å². The van der Waals surface area contributed by atoms with E-state index < -0.39 is 11.5 Å². The van der Waals surface area contributed by atoms with Crippen LogP contribution in [0.15, 0.2) is 48.5 Å². The average molecular weight is 351 g/mol. The van der Waals surface area contributed by atoms with Gasteiger partial charge in [0, 0.05) is 18.0 Å². The number of carbonyl (C=O) groups is 2. The van der Waals surface area contributed by atoms with E-state index in [1.165, 1.54) is 0 Å². The standard InChI is InChI=1S/C22H25NO3/c1-14-9-10-18(15(2)11-14)23-21(25)20-17(16-7-5-4-6-8-16)12-22(3,26)13-19(20)24/h4-11,17,20,26H,12-13H2,1-3H3,(H,23,25)/t17-,20-,22-/m0/s1. The number of hydrogen-bond donors (Lipinski definition) is 2. The molecule has 0 saturated heterocycles. The molecule has 1 saturated carbocycles. The van der Waals surface area contributed by atoms with Crippen molar-refractivity contribution in [3.8, 4) is 0 Å². The number of anilines is 1. The number of benzene rings is 2. The fourth-order valence-electron chi connectivity index (χ4n) is 3.88. The number of aryl methyl sites for hydroxylation is 2. The summed E-state index contributed by atoms with van der Waals surface area (Å²) in [6, 6.07) is 15.3. The zero-order chi connectivity index (χ0) is 18.9. The molecular weight excluding hydrogens is 326 g/mol. The van der Waals surface area contributed by atoms with Gasteiger partial charge < -0.3 is 10.4 Å². The van der Waals surface area contributed by atoms with Gasteiger partial charge in [-0.3, -0.25) is 9.59 Å². The topological polar surface area (TPSA) is 66.4 Å². The molecule has 2 aromatic rings. The lowest BCUT2D eigenvalue weighted by Crippen LogP contribution is -2.46. The van der Waals surface area contributed by atoms with Gasteiger partial charge >= 0.3 is 0 Å². The summed E-state index contributed by atoms with van der Waals surface area (Å²) in [6.07, 6.45) is 0.384. The van der Waals surface area contributed by atoms with E-state index in [2.05, 4.69) is 5.32 Å². The molecule has 0 bridgehead atoms. The zero-order valence-electron chi connectivity index (χ0n) is 15.5. The van der Waals surface area contributed by atoms with Crippen LogP contribution in [0.4, 0.5) is 5.69 Å². The third-order valence-electron chi connectivity index (χ3n) is 5.11. The number of aliphatic hydroxyl groups is 1. The first-order chi connectivity index (χ1) is 12.3. The molecule has 136 valence electrons. The van der Waals surface area contributed by atoms with Crippen LogP contribution in [0.3, 0.4) is 0 Å². The normalized spacial score (nSPS) is 25.8. The van der Waals surface area contributed by atoms with Crippen LogP contribution in [0.2, 0.25) is 0 Å². The highest BCUT2D eigenvalue weighted by Gasteiger charge is 2.46. The van der Waals surface area contributed by atoms with Gasteiger partial charge in [0.05, 0.1) is 5.60 Å². The third-order valence-corrected chi connectivity index (χ3v) is 5.11. The monoisotopic (exact) mass is 351 g/mol. The van der Waals surface area contributed by atoms with E-state index in [9.17, 15) is 14.7 Å². The van der Waals surface area contributed by atoms with E-state index in [0.717, 1.165) is 22.4 Å². The first-order valence-electron chi connectivity index (χ1n) is 8.95. The van der Waals surface area contributed by atoms with E-state index in [1.54, 1.807) is 6.92 Å². The van der Waals surface area contributed by atoms with Crippen molar-refractivity contribution in [3.63, 3.8) is 0 Å². The van der Waals surface area contributed by atoms with Gasteiger partial charge in [-0.1, -0.05) is 48.0 Å². The van der Waals surface area contributed by atoms with Crippen LogP contribution < -0.4 is 5.32 Å². The van der Waals surface area contributed by atoms with Gasteiger partial charge in [-0.2, -0.15) is 0 Å². The summed E-state index contributed by atoms with van der Waals surface area (Å²) < 4.78 is 0. The molecule has 0 radical (unpaired) electrons. The van der Waals surface area contributed by atoms with Gasteiger partial charge in [0.2, 0.25) is 5.91 Å². The number of amides is 1. The summed E-state index contributed by atoms with van der Waals surface area (Å²) in [4.78, 5) is 25.7. The molecule has 0 aliphatic heterocycles. The largest absolute Gasteiger partial charge is 0.390 e. The van der Waals surface area contributed by atoms with Crippen LogP contribution in [0.5, 0.6) is 0 Å². The van der Waals surface area contributed by atoms with Crippen LogP contribution in [-0.2, 0) is 9.59 Å². The molecule has 26 heavy (non-hydrogen) atoms. The molecule has 0 aromatic heterocycles.